The zero-order valence-corrected chi connectivity index (χ0v) is 11.0. The van der Waals surface area contributed by atoms with Crippen molar-refractivity contribution in [2.75, 3.05) is 6.54 Å². The summed E-state index contributed by atoms with van der Waals surface area (Å²) in [5, 5.41) is 2.57. The Labute approximate surface area is 108 Å². The first-order chi connectivity index (χ1) is 8.04. The van der Waals surface area contributed by atoms with Crippen LogP contribution in [0.4, 0.5) is 4.39 Å². The highest BCUT2D eigenvalue weighted by Crippen LogP contribution is 2.23. The summed E-state index contributed by atoms with van der Waals surface area (Å²) in [6.07, 6.45) is 0.795. The molecule has 0 fully saturated rings. The van der Waals surface area contributed by atoms with Crippen LogP contribution >= 0.6 is 15.9 Å². The Bertz CT molecular complexity index is 423. The molecule has 0 aliphatic carbocycles. The number of benzene rings is 1. The van der Waals surface area contributed by atoms with Crippen LogP contribution in [0.5, 0.6) is 5.75 Å². The summed E-state index contributed by atoms with van der Waals surface area (Å²) in [4.78, 5) is 11.5. The fourth-order valence-corrected chi connectivity index (χ4v) is 1.47. The molecule has 0 spiro atoms. The maximum atomic E-state index is 13.4. The normalized spacial score (nSPS) is 11.7. The van der Waals surface area contributed by atoms with E-state index in [0.29, 0.717) is 11.0 Å². The van der Waals surface area contributed by atoms with Gasteiger partial charge in [-0.1, -0.05) is 22.0 Å². The molecule has 0 aliphatic rings. The average Bonchev–Trinajstić information content (AvgIpc) is 2.30. The molecule has 0 saturated carbocycles. The van der Waals surface area contributed by atoms with Gasteiger partial charge in [-0.05, 0) is 25.1 Å². The predicted molar refractivity (Wildman–Crippen MR) is 67.4 cm³/mol. The van der Waals surface area contributed by atoms with Crippen LogP contribution in [-0.2, 0) is 4.79 Å². The summed E-state index contributed by atoms with van der Waals surface area (Å²) in [5.41, 5.74) is 0. The molecule has 17 heavy (non-hydrogen) atoms. The summed E-state index contributed by atoms with van der Waals surface area (Å²) >= 11 is 3.20. The van der Waals surface area contributed by atoms with E-state index in [1.807, 2.05) is 0 Å². The van der Waals surface area contributed by atoms with Gasteiger partial charge in [0.05, 0.1) is 0 Å². The first-order valence-electron chi connectivity index (χ1n) is 5.05. The van der Waals surface area contributed by atoms with Crippen LogP contribution in [-0.4, -0.2) is 18.6 Å². The van der Waals surface area contributed by atoms with Crippen molar-refractivity contribution in [1.82, 2.24) is 5.32 Å². The summed E-state index contributed by atoms with van der Waals surface area (Å²) in [5.74, 6) is -0.776. The zero-order valence-electron chi connectivity index (χ0n) is 9.37. The Hall–Kier alpha value is -1.36. The fraction of sp³-hybridized carbons (Fsp3) is 0.250. The van der Waals surface area contributed by atoms with Gasteiger partial charge in [0.15, 0.2) is 17.7 Å². The minimum Gasteiger partial charge on any atom is -0.478 e. The quantitative estimate of drug-likeness (QED) is 0.849. The zero-order chi connectivity index (χ0) is 12.8. The van der Waals surface area contributed by atoms with E-state index in [1.54, 1.807) is 19.1 Å². The Balaban J connectivity index is 2.66. The first-order valence-corrected chi connectivity index (χ1v) is 5.84. The number of ether oxygens (including phenoxy) is 1. The Morgan fingerprint density at radius 3 is 3.06 bits per heavy atom. The number of halogens is 2. The predicted octanol–water partition coefficient (Wildman–Crippen LogP) is 2.66. The van der Waals surface area contributed by atoms with E-state index >= 15 is 0 Å². The molecular weight excluding hydrogens is 289 g/mol. The first kappa shape index (κ1) is 13.7. The SMILES string of the molecule is C=CCNC(=O)C(C)Oc1cc(Br)ccc1F. The van der Waals surface area contributed by atoms with Gasteiger partial charge in [-0.25, -0.2) is 4.39 Å². The summed E-state index contributed by atoms with van der Waals surface area (Å²) < 4.78 is 19.3. The van der Waals surface area contributed by atoms with Crippen molar-refractivity contribution in [2.45, 2.75) is 13.0 Å². The third-order valence-electron chi connectivity index (χ3n) is 1.99. The fourth-order valence-electron chi connectivity index (χ4n) is 1.13. The standard InChI is InChI=1S/C12H13BrFNO2/c1-3-6-15-12(16)8(2)17-11-7-9(13)4-5-10(11)14/h3-5,7-8H,1,6H2,2H3,(H,15,16). The third-order valence-corrected chi connectivity index (χ3v) is 2.48. The van der Waals surface area contributed by atoms with Crippen LogP contribution in [0.15, 0.2) is 35.3 Å². The maximum absolute atomic E-state index is 13.4. The lowest BCUT2D eigenvalue weighted by Gasteiger charge is -2.14. The van der Waals surface area contributed by atoms with Crippen molar-refractivity contribution < 1.29 is 13.9 Å². The molecule has 3 nitrogen and oxygen atoms in total. The summed E-state index contributed by atoms with van der Waals surface area (Å²) in [7, 11) is 0. The van der Waals surface area contributed by atoms with E-state index < -0.39 is 11.9 Å². The lowest BCUT2D eigenvalue weighted by atomic mass is 10.3. The maximum Gasteiger partial charge on any atom is 0.261 e. The van der Waals surface area contributed by atoms with Gasteiger partial charge >= 0.3 is 0 Å². The van der Waals surface area contributed by atoms with Gasteiger partial charge in [-0.15, -0.1) is 6.58 Å². The van der Waals surface area contributed by atoms with E-state index in [4.69, 9.17) is 4.74 Å². The molecule has 0 aliphatic heterocycles. The molecule has 1 N–H and O–H groups in total. The minimum atomic E-state index is -0.765. The highest BCUT2D eigenvalue weighted by molar-refractivity contribution is 9.10. The lowest BCUT2D eigenvalue weighted by Crippen LogP contribution is -2.36. The minimum absolute atomic E-state index is 0.0422. The number of amides is 1. The molecule has 0 saturated heterocycles. The summed E-state index contributed by atoms with van der Waals surface area (Å²) in [6.45, 7) is 5.39. The van der Waals surface area contributed by atoms with Crippen LogP contribution in [0.1, 0.15) is 6.92 Å². The number of hydrogen-bond acceptors (Lipinski definition) is 2. The van der Waals surface area contributed by atoms with Crippen LogP contribution in [0.2, 0.25) is 0 Å². The van der Waals surface area contributed by atoms with E-state index in [2.05, 4.69) is 27.8 Å². The Morgan fingerprint density at radius 2 is 2.41 bits per heavy atom. The Kier molecular flexibility index (Phi) is 5.15. The number of carbonyl (C=O) groups excluding carboxylic acids is 1. The number of nitrogens with one attached hydrogen (secondary N) is 1. The van der Waals surface area contributed by atoms with Crippen molar-refractivity contribution in [3.05, 3.63) is 41.1 Å². The second kappa shape index (κ2) is 6.39. The molecule has 0 bridgehead atoms. The van der Waals surface area contributed by atoms with Crippen LogP contribution in [0, 0.1) is 5.82 Å². The smallest absolute Gasteiger partial charge is 0.261 e. The molecule has 1 rings (SSSR count). The van der Waals surface area contributed by atoms with Crippen molar-refractivity contribution in [2.24, 2.45) is 0 Å². The molecule has 1 aromatic rings. The molecule has 1 aromatic carbocycles. The molecule has 92 valence electrons. The molecule has 1 atom stereocenters. The largest absolute Gasteiger partial charge is 0.478 e. The molecular formula is C12H13BrFNO2. The van der Waals surface area contributed by atoms with Crippen LogP contribution < -0.4 is 10.1 Å². The average molecular weight is 302 g/mol. The second-order valence-electron chi connectivity index (χ2n) is 3.37. The number of carbonyl (C=O) groups is 1. The number of hydrogen-bond donors (Lipinski definition) is 1. The van der Waals surface area contributed by atoms with Crippen molar-refractivity contribution in [1.29, 1.82) is 0 Å². The highest BCUT2D eigenvalue weighted by Gasteiger charge is 2.15. The molecule has 0 aromatic heterocycles. The lowest BCUT2D eigenvalue weighted by molar-refractivity contribution is -0.127. The van der Waals surface area contributed by atoms with E-state index in [0.717, 1.165) is 0 Å². The highest BCUT2D eigenvalue weighted by atomic mass is 79.9. The third kappa shape index (κ3) is 4.19. The van der Waals surface area contributed by atoms with Crippen molar-refractivity contribution in [3.63, 3.8) is 0 Å². The van der Waals surface area contributed by atoms with Gasteiger partial charge in [-0.2, -0.15) is 0 Å². The molecule has 0 radical (unpaired) electrons. The second-order valence-corrected chi connectivity index (χ2v) is 4.28. The van der Waals surface area contributed by atoms with Gasteiger partial charge in [0.1, 0.15) is 0 Å². The van der Waals surface area contributed by atoms with E-state index in [1.165, 1.54) is 12.1 Å². The molecule has 0 heterocycles. The van der Waals surface area contributed by atoms with Gasteiger partial charge in [0, 0.05) is 11.0 Å². The van der Waals surface area contributed by atoms with E-state index in [-0.39, 0.29) is 11.7 Å². The number of rotatable bonds is 5. The summed E-state index contributed by atoms with van der Waals surface area (Å²) in [6, 6.07) is 4.31. The van der Waals surface area contributed by atoms with Crippen LogP contribution in [0.25, 0.3) is 0 Å². The van der Waals surface area contributed by atoms with E-state index in [9.17, 15) is 9.18 Å². The van der Waals surface area contributed by atoms with Gasteiger partial charge < -0.3 is 10.1 Å². The van der Waals surface area contributed by atoms with Gasteiger partial charge in [-0.3, -0.25) is 4.79 Å². The monoisotopic (exact) mass is 301 g/mol. The van der Waals surface area contributed by atoms with Crippen molar-refractivity contribution in [3.8, 4) is 5.75 Å². The topological polar surface area (TPSA) is 38.3 Å². The van der Waals surface area contributed by atoms with Crippen molar-refractivity contribution >= 4 is 21.8 Å². The molecule has 1 amide bonds. The molecule has 1 unspecified atom stereocenters. The molecule has 5 heteroatoms. The van der Waals surface area contributed by atoms with Crippen LogP contribution in [0.3, 0.4) is 0 Å². The van der Waals surface area contributed by atoms with Gasteiger partial charge in [0.25, 0.3) is 5.91 Å². The van der Waals surface area contributed by atoms with Gasteiger partial charge in [0.2, 0.25) is 0 Å². The Morgan fingerprint density at radius 1 is 1.71 bits per heavy atom.